The summed E-state index contributed by atoms with van der Waals surface area (Å²) in [5.74, 6) is -2.20. The lowest BCUT2D eigenvalue weighted by Crippen LogP contribution is -2.13. The maximum atomic E-state index is 13.0. The topological polar surface area (TPSA) is 66.4 Å². The minimum Gasteiger partial charge on any atom is -0.392 e. The molecule has 2 aromatic rings. The van der Waals surface area contributed by atoms with Gasteiger partial charge in [-0.2, -0.15) is 0 Å². The van der Waals surface area contributed by atoms with Gasteiger partial charge in [-0.1, -0.05) is 12.1 Å². The summed E-state index contributed by atoms with van der Waals surface area (Å²) in [5.41, 5.74) is 0.344. The van der Waals surface area contributed by atoms with Gasteiger partial charge in [-0.05, 0) is 29.8 Å². The summed E-state index contributed by atoms with van der Waals surface area (Å²) in [5, 5.41) is 8.98. The highest BCUT2D eigenvalue weighted by atomic mass is 32.2. The number of rotatable bonds is 4. The predicted molar refractivity (Wildman–Crippen MR) is 69.5 cm³/mol. The Morgan fingerprint density at radius 2 is 1.80 bits per heavy atom. The first kappa shape index (κ1) is 14.4. The third-order valence-electron chi connectivity index (χ3n) is 2.56. The zero-order valence-electron chi connectivity index (χ0n) is 10.2. The summed E-state index contributed by atoms with van der Waals surface area (Å²) in [7, 11) is -3.93. The van der Waals surface area contributed by atoms with Gasteiger partial charge in [-0.3, -0.25) is 4.72 Å². The highest BCUT2D eigenvalue weighted by Crippen LogP contribution is 2.19. The molecule has 0 saturated carbocycles. The highest BCUT2D eigenvalue weighted by molar-refractivity contribution is 7.92. The van der Waals surface area contributed by atoms with E-state index < -0.39 is 21.7 Å². The molecule has 0 spiro atoms. The summed E-state index contributed by atoms with van der Waals surface area (Å²) in [6.07, 6.45) is 0. The van der Waals surface area contributed by atoms with Crippen LogP contribution in [0.15, 0.2) is 47.4 Å². The molecule has 2 N–H and O–H groups in total. The number of halogens is 2. The van der Waals surface area contributed by atoms with Gasteiger partial charge in [0.2, 0.25) is 0 Å². The largest absolute Gasteiger partial charge is 0.392 e. The molecule has 4 nitrogen and oxygen atoms in total. The van der Waals surface area contributed by atoms with Crippen molar-refractivity contribution in [1.29, 1.82) is 0 Å². The van der Waals surface area contributed by atoms with Crippen molar-refractivity contribution in [3.63, 3.8) is 0 Å². The van der Waals surface area contributed by atoms with E-state index >= 15 is 0 Å². The summed E-state index contributed by atoms with van der Waals surface area (Å²) in [6, 6.07) is 8.37. The van der Waals surface area contributed by atoms with E-state index in [4.69, 9.17) is 5.11 Å². The smallest absolute Gasteiger partial charge is 0.261 e. The Bertz CT molecular complexity index is 732. The molecule has 0 amide bonds. The molecule has 0 fully saturated rings. The molecule has 2 rings (SSSR count). The Morgan fingerprint density at radius 3 is 2.45 bits per heavy atom. The zero-order valence-corrected chi connectivity index (χ0v) is 11.0. The Morgan fingerprint density at radius 1 is 1.05 bits per heavy atom. The standard InChI is InChI=1S/C13H11F2NO3S/c14-12-5-4-10(7-13(12)15)16-20(18,19)11-3-1-2-9(6-11)8-17/h1-7,16-17H,8H2. The van der Waals surface area contributed by atoms with Crippen LogP contribution in [0, 0.1) is 11.6 Å². The fraction of sp³-hybridized carbons (Fsp3) is 0.0769. The van der Waals surface area contributed by atoms with E-state index in [0.717, 1.165) is 18.2 Å². The fourth-order valence-electron chi connectivity index (χ4n) is 1.58. The van der Waals surface area contributed by atoms with E-state index in [-0.39, 0.29) is 17.2 Å². The molecule has 0 bridgehead atoms. The molecule has 0 aliphatic heterocycles. The predicted octanol–water partition coefficient (Wildman–Crippen LogP) is 2.26. The lowest BCUT2D eigenvalue weighted by Gasteiger charge is -2.09. The molecule has 0 aliphatic rings. The highest BCUT2D eigenvalue weighted by Gasteiger charge is 2.15. The quantitative estimate of drug-likeness (QED) is 0.910. The van der Waals surface area contributed by atoms with Crippen molar-refractivity contribution in [2.45, 2.75) is 11.5 Å². The van der Waals surface area contributed by atoms with Crippen LogP contribution in [0.5, 0.6) is 0 Å². The van der Waals surface area contributed by atoms with Gasteiger partial charge in [0.05, 0.1) is 17.2 Å². The third kappa shape index (κ3) is 3.12. The fourth-order valence-corrected chi connectivity index (χ4v) is 2.70. The summed E-state index contributed by atoms with van der Waals surface area (Å²) in [4.78, 5) is -0.0752. The van der Waals surface area contributed by atoms with E-state index in [2.05, 4.69) is 4.72 Å². The van der Waals surface area contributed by atoms with Crippen LogP contribution in [0.3, 0.4) is 0 Å². The molecule has 0 radical (unpaired) electrons. The van der Waals surface area contributed by atoms with Gasteiger partial charge in [-0.15, -0.1) is 0 Å². The van der Waals surface area contributed by atoms with Crippen molar-refractivity contribution in [2.24, 2.45) is 0 Å². The second-order valence-corrected chi connectivity index (χ2v) is 5.72. The van der Waals surface area contributed by atoms with Gasteiger partial charge in [0.25, 0.3) is 10.0 Å². The van der Waals surface area contributed by atoms with Crippen LogP contribution in [-0.2, 0) is 16.6 Å². The number of aliphatic hydroxyl groups excluding tert-OH is 1. The van der Waals surface area contributed by atoms with Crippen molar-refractivity contribution in [3.8, 4) is 0 Å². The minimum atomic E-state index is -3.93. The van der Waals surface area contributed by atoms with Crippen molar-refractivity contribution < 1.29 is 22.3 Å². The van der Waals surface area contributed by atoms with Crippen molar-refractivity contribution in [2.75, 3.05) is 4.72 Å². The van der Waals surface area contributed by atoms with Crippen molar-refractivity contribution >= 4 is 15.7 Å². The van der Waals surface area contributed by atoms with Crippen LogP contribution in [0.2, 0.25) is 0 Å². The van der Waals surface area contributed by atoms with Crippen LogP contribution in [0.4, 0.5) is 14.5 Å². The number of hydrogen-bond acceptors (Lipinski definition) is 3. The molecule has 0 aliphatic carbocycles. The van der Waals surface area contributed by atoms with Gasteiger partial charge in [0, 0.05) is 6.07 Å². The number of benzene rings is 2. The number of sulfonamides is 1. The minimum absolute atomic E-state index is 0.0752. The number of aliphatic hydroxyl groups is 1. The lowest BCUT2D eigenvalue weighted by molar-refractivity contribution is 0.281. The Balaban J connectivity index is 2.32. The van der Waals surface area contributed by atoms with E-state index in [1.165, 1.54) is 18.2 Å². The first-order chi connectivity index (χ1) is 9.42. The monoisotopic (exact) mass is 299 g/mol. The van der Waals surface area contributed by atoms with Crippen molar-refractivity contribution in [1.82, 2.24) is 0 Å². The van der Waals surface area contributed by atoms with E-state index in [1.54, 1.807) is 6.07 Å². The van der Waals surface area contributed by atoms with Crippen LogP contribution < -0.4 is 4.72 Å². The second-order valence-electron chi connectivity index (χ2n) is 4.04. The first-order valence-corrected chi connectivity index (χ1v) is 7.08. The molecule has 20 heavy (non-hydrogen) atoms. The van der Waals surface area contributed by atoms with Crippen LogP contribution in [0.25, 0.3) is 0 Å². The number of anilines is 1. The van der Waals surface area contributed by atoms with Gasteiger partial charge >= 0.3 is 0 Å². The average Bonchev–Trinajstić information content (AvgIpc) is 2.43. The molecule has 7 heteroatoms. The van der Waals surface area contributed by atoms with Crippen LogP contribution >= 0.6 is 0 Å². The number of hydrogen-bond donors (Lipinski definition) is 2. The summed E-state index contributed by atoms with van der Waals surface area (Å²) >= 11 is 0. The lowest BCUT2D eigenvalue weighted by atomic mass is 10.2. The molecule has 106 valence electrons. The zero-order chi connectivity index (χ0) is 14.8. The molecule has 0 atom stereocenters. The van der Waals surface area contributed by atoms with E-state index in [1.807, 2.05) is 0 Å². The molecule has 0 aromatic heterocycles. The van der Waals surface area contributed by atoms with Gasteiger partial charge in [0.15, 0.2) is 11.6 Å². The Labute approximate surface area is 114 Å². The third-order valence-corrected chi connectivity index (χ3v) is 3.94. The van der Waals surface area contributed by atoms with Gasteiger partial charge < -0.3 is 5.11 Å². The first-order valence-electron chi connectivity index (χ1n) is 5.60. The van der Waals surface area contributed by atoms with E-state index in [9.17, 15) is 17.2 Å². The summed E-state index contributed by atoms with van der Waals surface area (Å²) < 4.78 is 52.1. The molecular formula is C13H11F2NO3S. The normalized spacial score (nSPS) is 11.3. The molecule has 0 unspecified atom stereocenters. The van der Waals surface area contributed by atoms with Crippen LogP contribution in [0.1, 0.15) is 5.56 Å². The van der Waals surface area contributed by atoms with Gasteiger partial charge in [0.1, 0.15) is 0 Å². The Hall–Kier alpha value is -1.99. The van der Waals surface area contributed by atoms with E-state index in [0.29, 0.717) is 5.56 Å². The van der Waals surface area contributed by atoms with Crippen molar-refractivity contribution in [3.05, 3.63) is 59.7 Å². The molecular weight excluding hydrogens is 288 g/mol. The molecule has 2 aromatic carbocycles. The maximum absolute atomic E-state index is 13.0. The Kier molecular flexibility index (Phi) is 4.01. The number of nitrogens with one attached hydrogen (secondary N) is 1. The second kappa shape index (κ2) is 5.56. The van der Waals surface area contributed by atoms with Gasteiger partial charge in [-0.25, -0.2) is 17.2 Å². The molecule has 0 heterocycles. The average molecular weight is 299 g/mol. The van der Waals surface area contributed by atoms with Crippen LogP contribution in [-0.4, -0.2) is 13.5 Å². The molecule has 0 saturated heterocycles. The maximum Gasteiger partial charge on any atom is 0.261 e. The SMILES string of the molecule is O=S(=O)(Nc1ccc(F)c(F)c1)c1cccc(CO)c1. The summed E-state index contributed by atoms with van der Waals surface area (Å²) in [6.45, 7) is -0.297.